The molecule has 0 spiro atoms. The molecule has 0 aromatic carbocycles. The lowest BCUT2D eigenvalue weighted by molar-refractivity contribution is 0.0729. The fourth-order valence-electron chi connectivity index (χ4n) is 1.08. The van der Waals surface area contributed by atoms with Crippen LogP contribution in [-0.2, 0) is 9.47 Å². The van der Waals surface area contributed by atoms with E-state index in [1.165, 1.54) is 7.11 Å². The van der Waals surface area contributed by atoms with E-state index in [9.17, 15) is 4.79 Å². The van der Waals surface area contributed by atoms with Gasteiger partial charge in [-0.25, -0.2) is 4.79 Å². The molecule has 0 heterocycles. The van der Waals surface area contributed by atoms with Crippen molar-refractivity contribution in [2.24, 2.45) is 0 Å². The topological polar surface area (TPSA) is 35.5 Å². The van der Waals surface area contributed by atoms with Gasteiger partial charge in [-0.3, -0.25) is 0 Å². The normalized spacial score (nSPS) is 13.5. The fraction of sp³-hybridized carbons (Fsp3) is 0.875. The molecule has 13 heavy (non-hydrogen) atoms. The molecule has 2 radical (unpaired) electrons. The van der Waals surface area contributed by atoms with E-state index in [2.05, 4.69) is 24.4 Å². The molecule has 3 nitrogen and oxygen atoms in total. The second-order valence-electron chi connectivity index (χ2n) is 4.29. The summed E-state index contributed by atoms with van der Waals surface area (Å²) < 4.78 is 9.06. The average molecular weight is 200 g/mol. The number of carbonyl (C=O) groups excluding carboxylic acids is 1. The van der Waals surface area contributed by atoms with Crippen LogP contribution in [0, 0.1) is 0 Å². The zero-order valence-electron chi connectivity index (χ0n) is 8.79. The summed E-state index contributed by atoms with van der Waals surface area (Å²) >= 11 is 0. The molecule has 0 saturated heterocycles. The van der Waals surface area contributed by atoms with Gasteiger partial charge in [-0.1, -0.05) is 25.7 Å². The summed E-state index contributed by atoms with van der Waals surface area (Å²) in [5.41, 5.74) is 0. The first-order valence-corrected chi connectivity index (χ1v) is 8.02. The van der Waals surface area contributed by atoms with E-state index in [0.29, 0.717) is 0 Å². The maximum atomic E-state index is 10.6. The molecule has 0 aromatic rings. The Kier molecular flexibility index (Phi) is 5.13. The van der Waals surface area contributed by atoms with Crippen molar-refractivity contribution >= 4 is 22.1 Å². The second kappa shape index (κ2) is 5.32. The largest absolute Gasteiger partial charge is 0.507 e. The Labute approximate surface area is 82.2 Å². The molecule has 0 saturated carbocycles. The van der Waals surface area contributed by atoms with Crippen molar-refractivity contribution in [1.29, 1.82) is 0 Å². The van der Waals surface area contributed by atoms with E-state index in [-0.39, 0.29) is 12.4 Å². The van der Waals surface area contributed by atoms with Crippen molar-refractivity contribution in [3.63, 3.8) is 0 Å². The second-order valence-corrected chi connectivity index (χ2v) is 9.82. The van der Waals surface area contributed by atoms with Crippen molar-refractivity contribution in [3.8, 4) is 0 Å². The zero-order chi connectivity index (χ0) is 10.5. The molecule has 0 N–H and O–H groups in total. The molecule has 5 heteroatoms. The van der Waals surface area contributed by atoms with Gasteiger partial charge in [0.25, 0.3) is 0 Å². The monoisotopic (exact) mass is 200 g/mol. The highest BCUT2D eigenvalue weighted by Crippen LogP contribution is 2.18. The number of rotatable bonds is 4. The Hall–Kier alpha value is -0.448. The van der Waals surface area contributed by atoms with Crippen LogP contribution in [0.5, 0.6) is 0 Å². The Morgan fingerprint density at radius 2 is 2.00 bits per heavy atom. The van der Waals surface area contributed by atoms with Crippen molar-refractivity contribution < 1.29 is 14.3 Å². The first kappa shape index (κ1) is 12.6. The van der Waals surface area contributed by atoms with Crippen LogP contribution in [-0.4, -0.2) is 35.8 Å². The molecular weight excluding hydrogens is 183 g/mol. The predicted molar refractivity (Wildman–Crippen MR) is 56.0 cm³/mol. The van der Waals surface area contributed by atoms with Crippen LogP contribution < -0.4 is 0 Å². The lowest BCUT2D eigenvalue weighted by atomic mass is 9.90. The Balaban J connectivity index is 3.63. The number of methoxy groups -OCH3 is 1. The summed E-state index contributed by atoms with van der Waals surface area (Å²) in [6.07, 6.45) is -0.661. The summed E-state index contributed by atoms with van der Waals surface area (Å²) in [4.78, 5) is 10.6. The molecule has 0 aliphatic carbocycles. The van der Waals surface area contributed by atoms with Gasteiger partial charge in [0.05, 0.1) is 21.6 Å². The fourth-order valence-corrected chi connectivity index (χ4v) is 2.77. The number of hydrogen-bond donors (Lipinski definition) is 0. The highest BCUT2D eigenvalue weighted by Gasteiger charge is 2.18. The molecule has 0 unspecified atom stereocenters. The van der Waals surface area contributed by atoms with Gasteiger partial charge in [0.15, 0.2) is 0 Å². The molecule has 0 aliphatic heterocycles. The summed E-state index contributed by atoms with van der Waals surface area (Å²) in [5.74, 6) is -0.0641. The van der Waals surface area contributed by atoms with Gasteiger partial charge in [-0.15, -0.1) is 0 Å². The molecule has 0 aromatic heterocycles. The highest BCUT2D eigenvalue weighted by molar-refractivity contribution is 6.76. The van der Waals surface area contributed by atoms with Crippen molar-refractivity contribution in [2.45, 2.75) is 31.5 Å². The van der Waals surface area contributed by atoms with E-state index >= 15 is 0 Å². The van der Waals surface area contributed by atoms with Gasteiger partial charge in [-0.05, 0) is 5.82 Å². The molecule has 0 bridgehead atoms. The third-order valence-electron chi connectivity index (χ3n) is 1.46. The lowest BCUT2D eigenvalue weighted by Crippen LogP contribution is -2.24. The number of hydrogen-bond acceptors (Lipinski definition) is 3. The van der Waals surface area contributed by atoms with Crippen LogP contribution in [0.15, 0.2) is 0 Å². The van der Waals surface area contributed by atoms with E-state index in [1.807, 2.05) is 0 Å². The Bertz CT molecular complexity index is 167. The molecular formula is C8H17BO3Si. The lowest BCUT2D eigenvalue weighted by Gasteiger charge is -2.21. The van der Waals surface area contributed by atoms with Crippen molar-refractivity contribution in [3.05, 3.63) is 0 Å². The first-order chi connectivity index (χ1) is 5.85. The average Bonchev–Trinajstić information content (AvgIpc) is 1.97. The third-order valence-corrected chi connectivity index (χ3v) is 3.21. The van der Waals surface area contributed by atoms with E-state index < -0.39 is 14.2 Å². The zero-order valence-corrected chi connectivity index (χ0v) is 9.79. The van der Waals surface area contributed by atoms with E-state index in [4.69, 9.17) is 12.6 Å². The molecule has 0 rings (SSSR count). The van der Waals surface area contributed by atoms with Crippen molar-refractivity contribution in [2.75, 3.05) is 13.7 Å². The van der Waals surface area contributed by atoms with Gasteiger partial charge in [0.1, 0.15) is 0 Å². The Morgan fingerprint density at radius 3 is 2.38 bits per heavy atom. The van der Waals surface area contributed by atoms with Gasteiger partial charge in [0, 0.05) is 8.07 Å². The third kappa shape index (κ3) is 7.90. The first-order valence-electron chi connectivity index (χ1n) is 4.31. The molecule has 1 atom stereocenters. The summed E-state index contributed by atoms with van der Waals surface area (Å²) in [5, 5.41) is 0. The minimum Gasteiger partial charge on any atom is -0.438 e. The van der Waals surface area contributed by atoms with Gasteiger partial charge in [-0.2, -0.15) is 0 Å². The minimum absolute atomic E-state index is 0.0641. The van der Waals surface area contributed by atoms with E-state index in [0.717, 1.165) is 6.04 Å². The van der Waals surface area contributed by atoms with Crippen LogP contribution in [0.1, 0.15) is 0 Å². The summed E-state index contributed by atoms with van der Waals surface area (Å²) in [6, 6.07) is 0.948. The standard InChI is InChI=1S/C8H17BO3Si/c1-11-8(10)12-5-7(9)6-13(2,3)4/h7H,5-6H2,1-4H3/t7-/m0/s1. The van der Waals surface area contributed by atoms with Crippen LogP contribution in [0.25, 0.3) is 0 Å². The molecule has 0 amide bonds. The van der Waals surface area contributed by atoms with Crippen molar-refractivity contribution in [1.82, 2.24) is 0 Å². The van der Waals surface area contributed by atoms with Crippen LogP contribution >= 0.6 is 0 Å². The predicted octanol–water partition coefficient (Wildman–Crippen LogP) is 2.06. The smallest absolute Gasteiger partial charge is 0.438 e. The highest BCUT2D eigenvalue weighted by atomic mass is 28.3. The van der Waals surface area contributed by atoms with Crippen LogP contribution in [0.2, 0.25) is 31.5 Å². The molecule has 0 aliphatic rings. The van der Waals surface area contributed by atoms with Gasteiger partial charge >= 0.3 is 6.16 Å². The number of carbonyl (C=O) groups is 1. The van der Waals surface area contributed by atoms with Gasteiger partial charge < -0.3 is 9.47 Å². The molecule has 0 fully saturated rings. The summed E-state index contributed by atoms with van der Waals surface area (Å²) in [6.45, 7) is 6.93. The quantitative estimate of drug-likeness (QED) is 0.514. The van der Waals surface area contributed by atoms with E-state index in [1.54, 1.807) is 0 Å². The minimum atomic E-state index is -1.16. The SMILES string of the molecule is [B][C@@H](COC(=O)OC)C[Si](C)(C)C. The maximum absolute atomic E-state index is 10.6. The van der Waals surface area contributed by atoms with Gasteiger partial charge in [0.2, 0.25) is 0 Å². The van der Waals surface area contributed by atoms with Crippen LogP contribution in [0.3, 0.4) is 0 Å². The summed E-state index contributed by atoms with van der Waals surface area (Å²) in [7, 11) is 5.89. The molecule has 74 valence electrons. The maximum Gasteiger partial charge on any atom is 0.507 e. The number of ether oxygens (including phenoxy) is 2. The van der Waals surface area contributed by atoms with Crippen LogP contribution in [0.4, 0.5) is 4.79 Å². The Morgan fingerprint density at radius 1 is 1.46 bits per heavy atom.